The number of carbonyl (C=O) groups excluding carboxylic acids is 1. The van der Waals surface area contributed by atoms with Gasteiger partial charge in [0.2, 0.25) is 0 Å². The molecule has 0 aliphatic carbocycles. The smallest absolute Gasteiger partial charge is 0.272 e. The fourth-order valence-corrected chi connectivity index (χ4v) is 2.40. The number of amides is 1. The lowest BCUT2D eigenvalue weighted by Crippen LogP contribution is -2.54. The van der Waals surface area contributed by atoms with Crippen LogP contribution in [0.1, 0.15) is 12.5 Å². The fourth-order valence-electron chi connectivity index (χ4n) is 2.40. The van der Waals surface area contributed by atoms with Crippen LogP contribution in [0.5, 0.6) is 0 Å². The maximum Gasteiger partial charge on any atom is 0.272 e. The first kappa shape index (κ1) is 20.0. The SMILES string of the molecule is CC(NC(=O)C1=NNc2ccccc2C=C1)[C@H](O)[C@@H](O)[C@H](O)[C@H](O)CO. The molecule has 1 amide bonds. The van der Waals surface area contributed by atoms with Gasteiger partial charge < -0.3 is 30.8 Å². The van der Waals surface area contributed by atoms with Gasteiger partial charge in [0.25, 0.3) is 5.91 Å². The molecule has 0 aromatic heterocycles. The first-order chi connectivity index (χ1) is 12.3. The third-order valence-corrected chi connectivity index (χ3v) is 4.06. The highest BCUT2D eigenvalue weighted by Gasteiger charge is 2.33. The molecule has 7 N–H and O–H groups in total. The van der Waals surface area contributed by atoms with E-state index in [2.05, 4.69) is 15.8 Å². The third-order valence-electron chi connectivity index (χ3n) is 4.06. The summed E-state index contributed by atoms with van der Waals surface area (Å²) in [4.78, 5) is 12.3. The van der Waals surface area contributed by atoms with Gasteiger partial charge in [0.1, 0.15) is 30.1 Å². The van der Waals surface area contributed by atoms with E-state index in [0.29, 0.717) is 0 Å². The molecule has 1 aromatic rings. The number of carbonyl (C=O) groups is 1. The van der Waals surface area contributed by atoms with Crippen LogP contribution in [0.3, 0.4) is 0 Å². The van der Waals surface area contributed by atoms with E-state index in [4.69, 9.17) is 5.11 Å². The minimum absolute atomic E-state index is 0.0608. The van der Waals surface area contributed by atoms with E-state index in [9.17, 15) is 25.2 Å². The highest BCUT2D eigenvalue weighted by atomic mass is 16.4. The first-order valence-electron chi connectivity index (χ1n) is 8.10. The van der Waals surface area contributed by atoms with Gasteiger partial charge in [0.05, 0.1) is 18.3 Å². The number of anilines is 1. The number of fused-ring (bicyclic) bond motifs is 1. The Bertz CT molecular complexity index is 693. The van der Waals surface area contributed by atoms with Crippen LogP contribution in [0.2, 0.25) is 0 Å². The molecule has 2 rings (SSSR count). The number of aliphatic hydroxyl groups excluding tert-OH is 5. The van der Waals surface area contributed by atoms with Crippen LogP contribution in [0.15, 0.2) is 35.4 Å². The van der Waals surface area contributed by atoms with Crippen molar-refractivity contribution in [3.8, 4) is 0 Å². The van der Waals surface area contributed by atoms with E-state index in [1.165, 1.54) is 13.0 Å². The van der Waals surface area contributed by atoms with E-state index < -0.39 is 43.0 Å². The molecule has 9 nitrogen and oxygen atoms in total. The molecule has 5 atom stereocenters. The monoisotopic (exact) mass is 365 g/mol. The number of nitrogens with one attached hydrogen (secondary N) is 2. The zero-order valence-electron chi connectivity index (χ0n) is 14.1. The normalized spacial score (nSPS) is 19.1. The van der Waals surface area contributed by atoms with Gasteiger partial charge in [-0.1, -0.05) is 24.3 Å². The standard InChI is InChI=1S/C17H23N3O6/c1-9(14(23)16(25)15(24)13(22)8-21)18-17(26)12-7-6-10-4-2-3-5-11(10)19-20-12/h2-7,9,13-16,19,21-25H,8H2,1H3,(H,18,26)/t9?,13-,14+,15-,16-/m1/s1. The number of hydrazone groups is 1. The Morgan fingerprint density at radius 3 is 2.50 bits per heavy atom. The average molecular weight is 365 g/mol. The lowest BCUT2D eigenvalue weighted by atomic mass is 9.98. The van der Waals surface area contributed by atoms with E-state index in [-0.39, 0.29) is 5.71 Å². The Kier molecular flexibility index (Phi) is 6.83. The minimum atomic E-state index is -1.76. The quantitative estimate of drug-likeness (QED) is 0.308. The van der Waals surface area contributed by atoms with Crippen molar-refractivity contribution in [1.29, 1.82) is 0 Å². The number of para-hydroxylation sites is 1. The van der Waals surface area contributed by atoms with Crippen LogP contribution in [0.4, 0.5) is 5.69 Å². The maximum absolute atomic E-state index is 12.3. The molecule has 0 saturated heterocycles. The summed E-state index contributed by atoms with van der Waals surface area (Å²) in [6.45, 7) is 0.645. The molecule has 1 heterocycles. The van der Waals surface area contributed by atoms with Crippen molar-refractivity contribution in [3.05, 3.63) is 35.9 Å². The van der Waals surface area contributed by atoms with E-state index in [1.807, 2.05) is 18.2 Å². The Hall–Kier alpha value is -2.30. The molecule has 0 bridgehead atoms. The van der Waals surface area contributed by atoms with Gasteiger partial charge in [-0.25, -0.2) is 0 Å². The highest BCUT2D eigenvalue weighted by Crippen LogP contribution is 2.18. The molecule has 142 valence electrons. The van der Waals surface area contributed by atoms with Crippen molar-refractivity contribution in [1.82, 2.24) is 5.32 Å². The summed E-state index contributed by atoms with van der Waals surface area (Å²) in [7, 11) is 0. The molecule has 0 saturated carbocycles. The number of benzene rings is 1. The van der Waals surface area contributed by atoms with Crippen LogP contribution in [-0.4, -0.2) is 74.2 Å². The lowest BCUT2D eigenvalue weighted by Gasteiger charge is -2.29. The lowest BCUT2D eigenvalue weighted by molar-refractivity contribution is -0.127. The van der Waals surface area contributed by atoms with Crippen molar-refractivity contribution in [2.75, 3.05) is 12.0 Å². The van der Waals surface area contributed by atoms with Crippen molar-refractivity contribution < 1.29 is 30.3 Å². The predicted octanol–water partition coefficient (Wildman–Crippen LogP) is -1.58. The van der Waals surface area contributed by atoms with Gasteiger partial charge in [-0.15, -0.1) is 0 Å². The highest BCUT2D eigenvalue weighted by molar-refractivity contribution is 6.44. The predicted molar refractivity (Wildman–Crippen MR) is 95.3 cm³/mol. The number of rotatable bonds is 7. The molecule has 0 spiro atoms. The summed E-state index contributed by atoms with van der Waals surface area (Å²) in [5.41, 5.74) is 4.42. The van der Waals surface area contributed by atoms with Crippen molar-refractivity contribution >= 4 is 23.4 Å². The van der Waals surface area contributed by atoms with E-state index in [0.717, 1.165) is 11.3 Å². The molecule has 9 heteroatoms. The van der Waals surface area contributed by atoms with Gasteiger partial charge in [-0.05, 0) is 24.6 Å². The second-order valence-electron chi connectivity index (χ2n) is 6.01. The van der Waals surface area contributed by atoms with Crippen LogP contribution >= 0.6 is 0 Å². The topological polar surface area (TPSA) is 155 Å². The molecule has 1 unspecified atom stereocenters. The van der Waals surface area contributed by atoms with Gasteiger partial charge in [0.15, 0.2) is 0 Å². The first-order valence-corrected chi connectivity index (χ1v) is 8.10. The summed E-state index contributed by atoms with van der Waals surface area (Å²) < 4.78 is 0. The Balaban J connectivity index is 2.00. The summed E-state index contributed by atoms with van der Waals surface area (Å²) >= 11 is 0. The number of aliphatic hydroxyl groups is 5. The third kappa shape index (κ3) is 4.65. The molecular formula is C17H23N3O6. The largest absolute Gasteiger partial charge is 0.394 e. The van der Waals surface area contributed by atoms with Crippen LogP contribution in [0.25, 0.3) is 6.08 Å². The molecule has 1 aliphatic rings. The second kappa shape index (κ2) is 8.88. The van der Waals surface area contributed by atoms with E-state index in [1.54, 1.807) is 12.1 Å². The van der Waals surface area contributed by atoms with Gasteiger partial charge in [0, 0.05) is 0 Å². The van der Waals surface area contributed by atoms with Crippen molar-refractivity contribution in [2.24, 2.45) is 5.10 Å². The molecular weight excluding hydrogens is 342 g/mol. The molecule has 1 aromatic carbocycles. The van der Waals surface area contributed by atoms with Crippen LogP contribution in [0, 0.1) is 0 Å². The maximum atomic E-state index is 12.3. The Labute approximate surface area is 150 Å². The van der Waals surface area contributed by atoms with Crippen LogP contribution in [-0.2, 0) is 4.79 Å². The second-order valence-corrected chi connectivity index (χ2v) is 6.01. The summed E-state index contributed by atoms with van der Waals surface area (Å²) in [5, 5.41) is 54.2. The zero-order chi connectivity index (χ0) is 19.3. The minimum Gasteiger partial charge on any atom is -0.394 e. The molecule has 26 heavy (non-hydrogen) atoms. The van der Waals surface area contributed by atoms with Crippen LogP contribution < -0.4 is 10.7 Å². The number of hydrogen-bond donors (Lipinski definition) is 7. The molecule has 0 fully saturated rings. The Morgan fingerprint density at radius 1 is 1.12 bits per heavy atom. The van der Waals surface area contributed by atoms with Crippen molar-refractivity contribution in [3.63, 3.8) is 0 Å². The van der Waals surface area contributed by atoms with E-state index >= 15 is 0 Å². The Morgan fingerprint density at radius 2 is 1.81 bits per heavy atom. The number of hydrogen-bond acceptors (Lipinski definition) is 8. The number of nitrogens with zero attached hydrogens (tertiary/aromatic N) is 1. The average Bonchev–Trinajstić information content (AvgIpc) is 2.88. The summed E-state index contributed by atoms with van der Waals surface area (Å²) in [6, 6.07) is 6.38. The molecule has 1 aliphatic heterocycles. The summed E-state index contributed by atoms with van der Waals surface area (Å²) in [6.07, 6.45) is -3.49. The van der Waals surface area contributed by atoms with Gasteiger partial charge in [-0.3, -0.25) is 10.2 Å². The van der Waals surface area contributed by atoms with Gasteiger partial charge >= 0.3 is 0 Å². The molecule has 0 radical (unpaired) electrons. The zero-order valence-corrected chi connectivity index (χ0v) is 14.1. The van der Waals surface area contributed by atoms with Crippen molar-refractivity contribution in [2.45, 2.75) is 37.4 Å². The summed E-state index contributed by atoms with van der Waals surface area (Å²) in [5.74, 6) is -0.600. The fraction of sp³-hybridized carbons (Fsp3) is 0.412. The van der Waals surface area contributed by atoms with Gasteiger partial charge in [-0.2, -0.15) is 5.10 Å².